The Morgan fingerprint density at radius 3 is 2.18 bits per heavy atom. The molecule has 0 atom stereocenters. The van der Waals surface area contributed by atoms with Crippen molar-refractivity contribution in [3.05, 3.63) is 75.2 Å². The van der Waals surface area contributed by atoms with Gasteiger partial charge in [0.1, 0.15) is 0 Å². The van der Waals surface area contributed by atoms with Crippen LogP contribution in [0.5, 0.6) is 0 Å². The summed E-state index contributed by atoms with van der Waals surface area (Å²) in [7, 11) is 0. The Hall–Kier alpha value is -1.58. The van der Waals surface area contributed by atoms with Gasteiger partial charge in [-0.3, -0.25) is 0 Å². The zero-order valence-corrected chi connectivity index (χ0v) is 15.1. The first kappa shape index (κ1) is 14.0. The Bertz CT molecular complexity index is 1000. The van der Waals surface area contributed by atoms with Crippen molar-refractivity contribution in [2.45, 2.75) is 6.92 Å². The predicted molar refractivity (Wildman–Crippen MR) is 101 cm³/mol. The number of aromatic nitrogens is 1. The maximum Gasteiger partial charge on any atom is 0.0553 e. The normalized spacial score (nSPS) is 11.4. The topological polar surface area (TPSA) is 4.93 Å². The molecule has 0 spiro atoms. The Kier molecular flexibility index (Phi) is 3.35. The molecule has 0 unspecified atom stereocenters. The molecule has 4 rings (SSSR count). The second-order valence-corrected chi connectivity index (χ2v) is 7.18. The van der Waals surface area contributed by atoms with Crippen LogP contribution in [0.3, 0.4) is 0 Å². The molecule has 3 heteroatoms. The Labute approximate surface area is 145 Å². The zero-order chi connectivity index (χ0) is 15.3. The van der Waals surface area contributed by atoms with Gasteiger partial charge in [-0.25, -0.2) is 0 Å². The number of rotatable bonds is 1. The van der Waals surface area contributed by atoms with Gasteiger partial charge in [0, 0.05) is 25.4 Å². The monoisotopic (exact) mass is 413 g/mol. The SMILES string of the molecule is Cc1ccc2c3cc(Br)c(Br)cc3n(-c3ccccc3)c2c1. The first-order chi connectivity index (χ1) is 10.6. The van der Waals surface area contributed by atoms with E-state index in [0.29, 0.717) is 0 Å². The van der Waals surface area contributed by atoms with E-state index in [9.17, 15) is 0 Å². The first-order valence-corrected chi connectivity index (χ1v) is 8.69. The zero-order valence-electron chi connectivity index (χ0n) is 12.0. The molecule has 22 heavy (non-hydrogen) atoms. The summed E-state index contributed by atoms with van der Waals surface area (Å²) in [4.78, 5) is 0. The fourth-order valence-electron chi connectivity index (χ4n) is 2.98. The van der Waals surface area contributed by atoms with E-state index in [1.54, 1.807) is 0 Å². The molecular formula is C19H13Br2N. The molecule has 0 amide bonds. The molecule has 1 aromatic heterocycles. The number of nitrogens with zero attached hydrogens (tertiary/aromatic N) is 1. The third-order valence-corrected chi connectivity index (χ3v) is 5.82. The van der Waals surface area contributed by atoms with E-state index >= 15 is 0 Å². The van der Waals surface area contributed by atoms with Crippen molar-refractivity contribution in [2.24, 2.45) is 0 Å². The van der Waals surface area contributed by atoms with Crippen molar-refractivity contribution in [3.63, 3.8) is 0 Å². The van der Waals surface area contributed by atoms with E-state index in [-0.39, 0.29) is 0 Å². The lowest BCUT2D eigenvalue weighted by atomic mass is 10.1. The third-order valence-electron chi connectivity index (χ3n) is 3.98. The fourth-order valence-corrected chi connectivity index (χ4v) is 3.65. The lowest BCUT2D eigenvalue weighted by Gasteiger charge is -2.08. The molecule has 1 nitrogen and oxygen atoms in total. The summed E-state index contributed by atoms with van der Waals surface area (Å²) in [6.07, 6.45) is 0. The van der Waals surface area contributed by atoms with Crippen LogP contribution in [0, 0.1) is 6.92 Å². The highest BCUT2D eigenvalue weighted by Crippen LogP contribution is 2.37. The van der Waals surface area contributed by atoms with Gasteiger partial charge in [0.05, 0.1) is 11.0 Å². The van der Waals surface area contributed by atoms with E-state index in [1.165, 1.54) is 33.1 Å². The lowest BCUT2D eigenvalue weighted by Crippen LogP contribution is -1.93. The van der Waals surface area contributed by atoms with Crippen molar-refractivity contribution >= 4 is 53.7 Å². The van der Waals surface area contributed by atoms with Crippen molar-refractivity contribution in [2.75, 3.05) is 0 Å². The molecule has 0 saturated heterocycles. The van der Waals surface area contributed by atoms with Gasteiger partial charge >= 0.3 is 0 Å². The van der Waals surface area contributed by atoms with E-state index in [4.69, 9.17) is 0 Å². The number of hydrogen-bond acceptors (Lipinski definition) is 0. The van der Waals surface area contributed by atoms with Gasteiger partial charge in [-0.15, -0.1) is 0 Å². The number of benzene rings is 3. The highest BCUT2D eigenvalue weighted by atomic mass is 79.9. The number of fused-ring (bicyclic) bond motifs is 3. The Balaban J connectivity index is 2.24. The number of hydrogen-bond donors (Lipinski definition) is 0. The van der Waals surface area contributed by atoms with Gasteiger partial charge < -0.3 is 4.57 Å². The van der Waals surface area contributed by atoms with Crippen LogP contribution >= 0.6 is 31.9 Å². The fraction of sp³-hybridized carbons (Fsp3) is 0.0526. The summed E-state index contributed by atoms with van der Waals surface area (Å²) in [6, 6.07) is 21.5. The van der Waals surface area contributed by atoms with Crippen molar-refractivity contribution in [3.8, 4) is 5.69 Å². The minimum Gasteiger partial charge on any atom is -0.309 e. The Morgan fingerprint density at radius 2 is 1.41 bits per heavy atom. The molecule has 0 radical (unpaired) electrons. The summed E-state index contributed by atoms with van der Waals surface area (Å²) < 4.78 is 4.47. The molecule has 1 heterocycles. The van der Waals surface area contributed by atoms with Crippen LogP contribution in [0.15, 0.2) is 69.6 Å². The largest absolute Gasteiger partial charge is 0.309 e. The predicted octanol–water partition coefficient (Wildman–Crippen LogP) is 6.62. The molecule has 3 aromatic carbocycles. The Morgan fingerprint density at radius 1 is 0.727 bits per heavy atom. The molecule has 0 fully saturated rings. The van der Waals surface area contributed by atoms with Gasteiger partial charge in [0.25, 0.3) is 0 Å². The second kappa shape index (κ2) is 5.25. The molecule has 0 aliphatic rings. The van der Waals surface area contributed by atoms with Gasteiger partial charge in [0.15, 0.2) is 0 Å². The number of para-hydroxylation sites is 1. The molecular weight excluding hydrogens is 402 g/mol. The average molecular weight is 415 g/mol. The van der Waals surface area contributed by atoms with Crippen LogP contribution in [0.2, 0.25) is 0 Å². The maximum atomic E-state index is 3.63. The minimum absolute atomic E-state index is 1.07. The minimum atomic E-state index is 1.07. The van der Waals surface area contributed by atoms with Gasteiger partial charge in [-0.05, 0) is 74.7 Å². The quantitative estimate of drug-likeness (QED) is 0.330. The third kappa shape index (κ3) is 2.11. The maximum absolute atomic E-state index is 3.63. The number of aryl methyl sites for hydroxylation is 1. The van der Waals surface area contributed by atoms with Crippen LogP contribution in [-0.2, 0) is 0 Å². The summed E-state index contributed by atoms with van der Waals surface area (Å²) >= 11 is 7.26. The van der Waals surface area contributed by atoms with Gasteiger partial charge in [-0.2, -0.15) is 0 Å². The van der Waals surface area contributed by atoms with E-state index in [0.717, 1.165) is 8.95 Å². The molecule has 108 valence electrons. The van der Waals surface area contributed by atoms with Crippen molar-refractivity contribution in [1.29, 1.82) is 0 Å². The molecule has 0 bridgehead atoms. The van der Waals surface area contributed by atoms with Gasteiger partial charge in [0.2, 0.25) is 0 Å². The van der Waals surface area contributed by atoms with Crippen LogP contribution in [-0.4, -0.2) is 4.57 Å². The van der Waals surface area contributed by atoms with E-state index < -0.39 is 0 Å². The second-order valence-electron chi connectivity index (χ2n) is 5.48. The first-order valence-electron chi connectivity index (χ1n) is 7.10. The smallest absolute Gasteiger partial charge is 0.0553 e. The molecule has 4 aromatic rings. The summed E-state index contributed by atoms with van der Waals surface area (Å²) in [5, 5.41) is 2.53. The highest BCUT2D eigenvalue weighted by molar-refractivity contribution is 9.13. The van der Waals surface area contributed by atoms with Gasteiger partial charge in [-0.1, -0.05) is 30.3 Å². The van der Waals surface area contributed by atoms with E-state index in [1.807, 2.05) is 0 Å². The molecule has 0 aliphatic carbocycles. The molecule has 0 saturated carbocycles. The lowest BCUT2D eigenvalue weighted by molar-refractivity contribution is 1.18. The van der Waals surface area contributed by atoms with Crippen molar-refractivity contribution < 1.29 is 0 Å². The standard InChI is InChI=1S/C19H13Br2N/c1-12-7-8-14-15-10-16(20)17(21)11-19(15)22(18(14)9-12)13-5-3-2-4-6-13/h2-11H,1H3. The van der Waals surface area contributed by atoms with Crippen molar-refractivity contribution in [1.82, 2.24) is 4.57 Å². The average Bonchev–Trinajstić information content (AvgIpc) is 2.81. The molecule has 0 aliphatic heterocycles. The summed E-state index contributed by atoms with van der Waals surface area (Å²) in [5.41, 5.74) is 4.90. The highest BCUT2D eigenvalue weighted by Gasteiger charge is 2.14. The van der Waals surface area contributed by atoms with E-state index in [2.05, 4.69) is 104 Å². The van der Waals surface area contributed by atoms with Crippen LogP contribution in [0.25, 0.3) is 27.5 Å². The van der Waals surface area contributed by atoms with Crippen LogP contribution < -0.4 is 0 Å². The summed E-state index contributed by atoms with van der Waals surface area (Å²) in [6.45, 7) is 2.14. The van der Waals surface area contributed by atoms with Crippen LogP contribution in [0.1, 0.15) is 5.56 Å². The number of halogens is 2. The van der Waals surface area contributed by atoms with Crippen LogP contribution in [0.4, 0.5) is 0 Å². The molecule has 0 N–H and O–H groups in total. The summed E-state index contributed by atoms with van der Waals surface area (Å²) in [5.74, 6) is 0.